The van der Waals surface area contributed by atoms with E-state index in [1.165, 1.54) is 9.87 Å². The molecule has 1 aliphatic rings. The molecule has 0 bridgehead atoms. The molecule has 1 saturated heterocycles. The number of aromatic nitrogens is 2. The second kappa shape index (κ2) is 13.1. The summed E-state index contributed by atoms with van der Waals surface area (Å²) in [5, 5.41) is 2.89. The third-order valence-corrected chi connectivity index (χ3v) is 9.42. The van der Waals surface area contributed by atoms with Crippen molar-refractivity contribution in [2.24, 2.45) is 0 Å². The number of aryl methyl sites for hydroxylation is 1. The first-order valence-corrected chi connectivity index (χ1v) is 15.9. The van der Waals surface area contributed by atoms with Crippen molar-refractivity contribution in [3.63, 3.8) is 0 Å². The SMILES string of the molecule is COc1ccc(-c2cn(-c3ccc(C(C)C)cc3)c(NC(=O)CN(CC3CCCO3)S(=O)(=O)c3ccc(C)cc3)n2)cc1. The molecule has 10 heteroatoms. The fraction of sp³-hybridized carbons (Fsp3) is 0.333. The minimum absolute atomic E-state index is 0.0891. The monoisotopic (exact) mass is 602 g/mol. The van der Waals surface area contributed by atoms with E-state index in [4.69, 9.17) is 14.5 Å². The van der Waals surface area contributed by atoms with Gasteiger partial charge in [0.25, 0.3) is 0 Å². The van der Waals surface area contributed by atoms with Gasteiger partial charge in [-0.2, -0.15) is 4.31 Å². The Morgan fingerprint density at radius 3 is 2.37 bits per heavy atom. The molecule has 1 unspecified atom stereocenters. The van der Waals surface area contributed by atoms with Crippen LogP contribution < -0.4 is 10.1 Å². The van der Waals surface area contributed by atoms with Crippen LogP contribution in [0.5, 0.6) is 5.75 Å². The predicted molar refractivity (Wildman–Crippen MR) is 167 cm³/mol. The highest BCUT2D eigenvalue weighted by Gasteiger charge is 2.31. The van der Waals surface area contributed by atoms with Crippen LogP contribution in [0.4, 0.5) is 5.95 Å². The van der Waals surface area contributed by atoms with Crippen LogP contribution in [0.3, 0.4) is 0 Å². The number of sulfonamides is 1. The maximum absolute atomic E-state index is 13.7. The van der Waals surface area contributed by atoms with E-state index >= 15 is 0 Å². The lowest BCUT2D eigenvalue weighted by molar-refractivity contribution is -0.116. The van der Waals surface area contributed by atoms with Crippen molar-refractivity contribution in [3.8, 4) is 22.7 Å². The predicted octanol–water partition coefficient (Wildman–Crippen LogP) is 5.79. The summed E-state index contributed by atoms with van der Waals surface area (Å²) < 4.78 is 41.4. The number of benzene rings is 3. The average Bonchev–Trinajstić information content (AvgIpc) is 3.67. The van der Waals surface area contributed by atoms with E-state index < -0.39 is 15.9 Å². The Labute approximate surface area is 253 Å². The molecule has 226 valence electrons. The average molecular weight is 603 g/mol. The van der Waals surface area contributed by atoms with Crippen LogP contribution in [-0.2, 0) is 19.6 Å². The van der Waals surface area contributed by atoms with Crippen LogP contribution in [0.15, 0.2) is 83.9 Å². The summed E-state index contributed by atoms with van der Waals surface area (Å²) in [5.41, 5.74) is 4.44. The van der Waals surface area contributed by atoms with Gasteiger partial charge in [0.05, 0.1) is 30.3 Å². The van der Waals surface area contributed by atoms with Gasteiger partial charge in [0, 0.05) is 30.6 Å². The quantitative estimate of drug-likeness (QED) is 0.233. The number of nitrogens with zero attached hydrogens (tertiary/aromatic N) is 3. The second-order valence-electron chi connectivity index (χ2n) is 11.1. The Morgan fingerprint density at radius 1 is 1.07 bits per heavy atom. The third kappa shape index (κ3) is 7.15. The lowest BCUT2D eigenvalue weighted by atomic mass is 10.0. The van der Waals surface area contributed by atoms with E-state index in [2.05, 4.69) is 31.3 Å². The minimum atomic E-state index is -3.96. The zero-order chi connectivity index (χ0) is 30.6. The molecule has 5 rings (SSSR count). The van der Waals surface area contributed by atoms with Crippen molar-refractivity contribution in [1.29, 1.82) is 0 Å². The first kappa shape index (κ1) is 30.5. The Hall–Kier alpha value is -3.99. The van der Waals surface area contributed by atoms with E-state index in [1.807, 2.05) is 49.5 Å². The number of amides is 1. The van der Waals surface area contributed by atoms with Crippen molar-refractivity contribution in [2.75, 3.05) is 32.1 Å². The highest BCUT2D eigenvalue weighted by atomic mass is 32.2. The number of imidazole rings is 1. The van der Waals surface area contributed by atoms with Gasteiger partial charge in [0.1, 0.15) is 5.75 Å². The van der Waals surface area contributed by atoms with Gasteiger partial charge in [-0.25, -0.2) is 13.4 Å². The van der Waals surface area contributed by atoms with Crippen molar-refractivity contribution < 1.29 is 22.7 Å². The standard InChI is InChI=1S/C33H38N4O5S/c1-23(2)25-9-13-27(14-10-25)37-21-31(26-11-15-28(41-4)16-12-26)34-33(37)35-32(38)22-36(20-29-6-5-19-42-29)43(39,40)30-17-7-24(3)8-18-30/h7-18,21,23,29H,5-6,19-20,22H2,1-4H3,(H,34,35,38). The maximum atomic E-state index is 13.7. The summed E-state index contributed by atoms with van der Waals surface area (Å²) in [7, 11) is -2.35. The minimum Gasteiger partial charge on any atom is -0.497 e. The molecule has 1 fully saturated rings. The number of anilines is 1. The van der Waals surface area contributed by atoms with Gasteiger partial charge >= 0.3 is 0 Å². The van der Waals surface area contributed by atoms with E-state index in [0.29, 0.717) is 18.2 Å². The Kier molecular flexibility index (Phi) is 9.29. The van der Waals surface area contributed by atoms with Gasteiger partial charge in [0.2, 0.25) is 21.9 Å². The van der Waals surface area contributed by atoms with Gasteiger partial charge in [0.15, 0.2) is 0 Å². The van der Waals surface area contributed by atoms with Crippen LogP contribution in [-0.4, -0.2) is 61.1 Å². The van der Waals surface area contributed by atoms with Gasteiger partial charge in [-0.1, -0.05) is 43.7 Å². The maximum Gasteiger partial charge on any atom is 0.243 e. The summed E-state index contributed by atoms with van der Waals surface area (Å²) in [4.78, 5) is 18.4. The zero-order valence-corrected chi connectivity index (χ0v) is 25.8. The number of carbonyl (C=O) groups is 1. The summed E-state index contributed by atoms with van der Waals surface area (Å²) in [6.07, 6.45) is 3.19. The molecular formula is C33H38N4O5S. The summed E-state index contributed by atoms with van der Waals surface area (Å²) in [6, 6.07) is 22.2. The van der Waals surface area contributed by atoms with Crippen LogP contribution in [0.2, 0.25) is 0 Å². The number of hydrogen-bond donors (Lipinski definition) is 1. The normalized spacial score (nSPS) is 15.3. The van der Waals surface area contributed by atoms with E-state index in [-0.39, 0.29) is 30.0 Å². The van der Waals surface area contributed by atoms with Crippen LogP contribution in [0.25, 0.3) is 16.9 Å². The summed E-state index contributed by atoms with van der Waals surface area (Å²) in [5.74, 6) is 0.886. The van der Waals surface area contributed by atoms with Gasteiger partial charge < -0.3 is 9.47 Å². The molecule has 43 heavy (non-hydrogen) atoms. The molecule has 0 saturated carbocycles. The van der Waals surface area contributed by atoms with Crippen LogP contribution >= 0.6 is 0 Å². The second-order valence-corrected chi connectivity index (χ2v) is 13.0. The number of rotatable bonds is 11. The number of carbonyl (C=O) groups excluding carboxylic acids is 1. The van der Waals surface area contributed by atoms with Gasteiger partial charge in [-0.05, 0) is 79.8 Å². The van der Waals surface area contributed by atoms with Gasteiger partial charge in [-0.15, -0.1) is 0 Å². The van der Waals surface area contributed by atoms with Crippen molar-refractivity contribution in [3.05, 3.63) is 90.1 Å². The lowest BCUT2D eigenvalue weighted by Gasteiger charge is -2.24. The summed E-state index contributed by atoms with van der Waals surface area (Å²) in [6.45, 7) is 6.45. The highest BCUT2D eigenvalue weighted by molar-refractivity contribution is 7.89. The van der Waals surface area contributed by atoms with E-state index in [9.17, 15) is 13.2 Å². The third-order valence-electron chi connectivity index (χ3n) is 7.59. The zero-order valence-electron chi connectivity index (χ0n) is 25.0. The molecular weight excluding hydrogens is 564 g/mol. The Bertz CT molecular complexity index is 1640. The Balaban J connectivity index is 1.45. The Morgan fingerprint density at radius 2 is 1.77 bits per heavy atom. The first-order valence-electron chi connectivity index (χ1n) is 14.5. The molecule has 0 spiro atoms. The van der Waals surface area contributed by atoms with E-state index in [0.717, 1.165) is 35.4 Å². The molecule has 2 heterocycles. The molecule has 1 amide bonds. The van der Waals surface area contributed by atoms with Crippen molar-refractivity contribution >= 4 is 21.9 Å². The largest absolute Gasteiger partial charge is 0.497 e. The molecule has 0 radical (unpaired) electrons. The lowest BCUT2D eigenvalue weighted by Crippen LogP contribution is -2.42. The van der Waals surface area contributed by atoms with Crippen molar-refractivity contribution in [1.82, 2.24) is 13.9 Å². The molecule has 1 N–H and O–H groups in total. The molecule has 1 aliphatic heterocycles. The molecule has 4 aromatic rings. The molecule has 3 aromatic carbocycles. The van der Waals surface area contributed by atoms with Crippen molar-refractivity contribution in [2.45, 2.75) is 50.5 Å². The fourth-order valence-corrected chi connectivity index (χ4v) is 6.46. The topological polar surface area (TPSA) is 103 Å². The molecule has 1 atom stereocenters. The van der Waals surface area contributed by atoms with Crippen LogP contribution in [0, 0.1) is 6.92 Å². The number of hydrogen-bond acceptors (Lipinski definition) is 6. The van der Waals surface area contributed by atoms with E-state index in [1.54, 1.807) is 35.9 Å². The number of nitrogens with one attached hydrogen (secondary N) is 1. The smallest absolute Gasteiger partial charge is 0.243 e. The number of methoxy groups -OCH3 is 1. The van der Waals surface area contributed by atoms with Gasteiger partial charge in [-0.3, -0.25) is 14.7 Å². The van der Waals surface area contributed by atoms with Crippen LogP contribution in [0.1, 0.15) is 43.7 Å². The molecule has 1 aromatic heterocycles. The molecule has 0 aliphatic carbocycles. The highest BCUT2D eigenvalue weighted by Crippen LogP contribution is 2.27. The summed E-state index contributed by atoms with van der Waals surface area (Å²) >= 11 is 0. The molecule has 9 nitrogen and oxygen atoms in total. The number of ether oxygens (including phenoxy) is 2. The first-order chi connectivity index (χ1) is 20.6. The fourth-order valence-electron chi connectivity index (χ4n) is 5.03.